The highest BCUT2D eigenvalue weighted by Gasteiger charge is 2.23. The molecule has 1 N–H and O–H groups in total. The summed E-state index contributed by atoms with van der Waals surface area (Å²) in [5.41, 5.74) is 1.59. The Morgan fingerprint density at radius 3 is 2.52 bits per heavy atom. The maximum Gasteiger partial charge on any atom is 0.371 e. The van der Waals surface area contributed by atoms with E-state index in [-0.39, 0.29) is 5.76 Å². The van der Waals surface area contributed by atoms with Crippen molar-refractivity contribution in [2.24, 2.45) is 0 Å². The van der Waals surface area contributed by atoms with E-state index in [9.17, 15) is 13.2 Å². The standard InChI is InChI=1S/C15H18N2O5S/c1-23(20,21)17-6-4-16(5-7-17)10-11-2-3-13-12(8-11)9-14(22-13)15(18)19/h2-3,8-9H,4-7,10H2,1H3,(H,18,19). The van der Waals surface area contributed by atoms with Gasteiger partial charge in [-0.3, -0.25) is 4.90 Å². The summed E-state index contributed by atoms with van der Waals surface area (Å²) >= 11 is 0. The molecule has 1 aliphatic rings. The third-order valence-electron chi connectivity index (χ3n) is 4.00. The second kappa shape index (κ2) is 5.95. The van der Waals surface area contributed by atoms with E-state index in [1.54, 1.807) is 6.07 Å². The lowest BCUT2D eigenvalue weighted by atomic mass is 10.1. The molecule has 1 aromatic heterocycles. The van der Waals surface area contributed by atoms with Gasteiger partial charge in [-0.2, -0.15) is 4.31 Å². The SMILES string of the molecule is CS(=O)(=O)N1CCN(Cc2ccc3oc(C(=O)O)cc3c2)CC1. The van der Waals surface area contributed by atoms with E-state index in [1.165, 1.54) is 16.6 Å². The third kappa shape index (κ3) is 3.54. The van der Waals surface area contributed by atoms with Gasteiger partial charge in [-0.1, -0.05) is 6.07 Å². The summed E-state index contributed by atoms with van der Waals surface area (Å²) in [5, 5.41) is 9.71. The van der Waals surface area contributed by atoms with Gasteiger partial charge in [0.25, 0.3) is 0 Å². The van der Waals surface area contributed by atoms with Crippen LogP contribution in [0.2, 0.25) is 0 Å². The van der Waals surface area contributed by atoms with E-state index in [0.29, 0.717) is 38.3 Å². The minimum atomic E-state index is -3.12. The zero-order valence-electron chi connectivity index (χ0n) is 12.7. The highest BCUT2D eigenvalue weighted by molar-refractivity contribution is 7.88. The van der Waals surface area contributed by atoms with Crippen LogP contribution >= 0.6 is 0 Å². The first-order chi connectivity index (χ1) is 10.8. The van der Waals surface area contributed by atoms with E-state index >= 15 is 0 Å². The van der Waals surface area contributed by atoms with Crippen LogP contribution in [0.3, 0.4) is 0 Å². The molecule has 7 nitrogen and oxygen atoms in total. The van der Waals surface area contributed by atoms with Crippen molar-refractivity contribution in [2.75, 3.05) is 32.4 Å². The van der Waals surface area contributed by atoms with E-state index < -0.39 is 16.0 Å². The van der Waals surface area contributed by atoms with Gasteiger partial charge in [-0.25, -0.2) is 13.2 Å². The number of nitrogens with zero attached hydrogens (tertiary/aromatic N) is 2. The molecule has 0 atom stereocenters. The predicted octanol–water partition coefficient (Wildman–Crippen LogP) is 1.21. The average Bonchev–Trinajstić information content (AvgIpc) is 2.90. The largest absolute Gasteiger partial charge is 0.475 e. The molecule has 0 saturated carbocycles. The molecule has 3 rings (SSSR count). The minimum Gasteiger partial charge on any atom is -0.475 e. The van der Waals surface area contributed by atoms with Crippen LogP contribution in [0.1, 0.15) is 16.1 Å². The van der Waals surface area contributed by atoms with Crippen molar-refractivity contribution < 1.29 is 22.7 Å². The van der Waals surface area contributed by atoms with Gasteiger partial charge in [-0.05, 0) is 23.8 Å². The molecular weight excluding hydrogens is 320 g/mol. The molecule has 0 aliphatic carbocycles. The van der Waals surface area contributed by atoms with Gasteiger partial charge in [-0.15, -0.1) is 0 Å². The highest BCUT2D eigenvalue weighted by Crippen LogP contribution is 2.22. The Bertz CT molecular complexity index is 835. The molecular formula is C15H18N2O5S. The maximum atomic E-state index is 11.5. The fraction of sp³-hybridized carbons (Fsp3) is 0.400. The number of furan rings is 1. The summed E-state index contributed by atoms with van der Waals surface area (Å²) in [6.45, 7) is 3.04. The first kappa shape index (κ1) is 16.0. The summed E-state index contributed by atoms with van der Waals surface area (Å²) in [6, 6.07) is 7.10. The lowest BCUT2D eigenvalue weighted by Crippen LogP contribution is -2.47. The van der Waals surface area contributed by atoms with E-state index in [0.717, 1.165) is 10.9 Å². The fourth-order valence-corrected chi connectivity index (χ4v) is 3.60. The fourth-order valence-electron chi connectivity index (χ4n) is 2.77. The molecule has 2 heterocycles. The van der Waals surface area contributed by atoms with Gasteiger partial charge in [0.1, 0.15) is 5.58 Å². The molecule has 124 valence electrons. The van der Waals surface area contributed by atoms with Crippen molar-refractivity contribution in [3.05, 3.63) is 35.6 Å². The molecule has 2 aromatic rings. The van der Waals surface area contributed by atoms with E-state index in [2.05, 4.69) is 4.90 Å². The maximum absolute atomic E-state index is 11.5. The van der Waals surface area contributed by atoms with Gasteiger partial charge in [0.05, 0.1) is 6.26 Å². The summed E-state index contributed by atoms with van der Waals surface area (Å²) < 4.78 is 29.7. The number of hydrogen-bond acceptors (Lipinski definition) is 5. The molecule has 8 heteroatoms. The summed E-state index contributed by atoms with van der Waals surface area (Å²) in [4.78, 5) is 13.1. The van der Waals surface area contributed by atoms with Crippen molar-refractivity contribution in [1.82, 2.24) is 9.21 Å². The van der Waals surface area contributed by atoms with E-state index in [1.807, 2.05) is 12.1 Å². The van der Waals surface area contributed by atoms with Crippen LogP contribution in [0, 0.1) is 0 Å². The van der Waals surface area contributed by atoms with Crippen molar-refractivity contribution in [3.63, 3.8) is 0 Å². The molecule has 23 heavy (non-hydrogen) atoms. The summed E-state index contributed by atoms with van der Waals surface area (Å²) in [6.07, 6.45) is 1.23. The number of rotatable bonds is 4. The number of carboxylic acids is 1. The topological polar surface area (TPSA) is 91.1 Å². The smallest absolute Gasteiger partial charge is 0.371 e. The molecule has 0 spiro atoms. The van der Waals surface area contributed by atoms with Crippen molar-refractivity contribution in [2.45, 2.75) is 6.54 Å². The van der Waals surface area contributed by atoms with Crippen molar-refractivity contribution >= 4 is 27.0 Å². The summed E-state index contributed by atoms with van der Waals surface area (Å²) in [7, 11) is -3.12. The Labute approximate surface area is 134 Å². The molecule has 0 radical (unpaired) electrons. The second-order valence-electron chi connectivity index (χ2n) is 5.73. The Hall–Kier alpha value is -1.90. The van der Waals surface area contributed by atoms with Gasteiger partial charge in [0, 0.05) is 38.1 Å². The molecule has 1 saturated heterocycles. The van der Waals surface area contributed by atoms with E-state index in [4.69, 9.17) is 9.52 Å². The zero-order chi connectivity index (χ0) is 16.6. The van der Waals surface area contributed by atoms with Gasteiger partial charge < -0.3 is 9.52 Å². The lowest BCUT2D eigenvalue weighted by Gasteiger charge is -2.33. The molecule has 1 aromatic carbocycles. The first-order valence-electron chi connectivity index (χ1n) is 7.26. The first-order valence-corrected chi connectivity index (χ1v) is 9.11. The molecule has 0 bridgehead atoms. The zero-order valence-corrected chi connectivity index (χ0v) is 13.5. The summed E-state index contributed by atoms with van der Waals surface area (Å²) in [5.74, 6) is -1.15. The van der Waals surface area contributed by atoms with Gasteiger partial charge in [0.15, 0.2) is 0 Å². The van der Waals surface area contributed by atoms with Crippen LogP contribution in [0.4, 0.5) is 0 Å². The quantitative estimate of drug-likeness (QED) is 0.901. The number of piperazine rings is 1. The number of hydrogen-bond donors (Lipinski definition) is 1. The van der Waals surface area contributed by atoms with Crippen LogP contribution in [-0.2, 0) is 16.6 Å². The normalized spacial score (nSPS) is 17.6. The molecule has 1 aliphatic heterocycles. The van der Waals surface area contributed by atoms with Crippen molar-refractivity contribution in [3.8, 4) is 0 Å². The average molecular weight is 338 g/mol. The number of sulfonamides is 1. The predicted molar refractivity (Wildman–Crippen MR) is 84.9 cm³/mol. The number of fused-ring (bicyclic) bond motifs is 1. The van der Waals surface area contributed by atoms with Gasteiger partial charge in [0.2, 0.25) is 15.8 Å². The Kier molecular flexibility index (Phi) is 4.13. The van der Waals surface area contributed by atoms with Crippen LogP contribution in [0.15, 0.2) is 28.7 Å². The Morgan fingerprint density at radius 2 is 1.91 bits per heavy atom. The Balaban J connectivity index is 1.69. The van der Waals surface area contributed by atoms with Crippen LogP contribution in [0.5, 0.6) is 0 Å². The number of carboxylic acid groups (broad SMARTS) is 1. The molecule has 0 amide bonds. The monoisotopic (exact) mass is 338 g/mol. The van der Waals surface area contributed by atoms with Crippen LogP contribution in [0.25, 0.3) is 11.0 Å². The van der Waals surface area contributed by atoms with Crippen molar-refractivity contribution in [1.29, 1.82) is 0 Å². The number of benzene rings is 1. The van der Waals surface area contributed by atoms with Gasteiger partial charge >= 0.3 is 5.97 Å². The minimum absolute atomic E-state index is 0.0704. The highest BCUT2D eigenvalue weighted by atomic mass is 32.2. The number of carbonyl (C=O) groups is 1. The van der Waals surface area contributed by atoms with Crippen LogP contribution in [-0.4, -0.2) is 61.1 Å². The Morgan fingerprint density at radius 1 is 1.22 bits per heavy atom. The van der Waals surface area contributed by atoms with Crippen LogP contribution < -0.4 is 0 Å². The number of aromatic carboxylic acids is 1. The molecule has 1 fully saturated rings. The molecule has 0 unspecified atom stereocenters. The lowest BCUT2D eigenvalue weighted by molar-refractivity contribution is 0.0665. The second-order valence-corrected chi connectivity index (χ2v) is 7.71. The third-order valence-corrected chi connectivity index (χ3v) is 5.30.